The van der Waals surface area contributed by atoms with Crippen molar-refractivity contribution >= 4 is 28.1 Å². The number of oxime groups is 2. The number of hydrogen-bond donors (Lipinski definition) is 2. The molecule has 296 valence electrons. The fraction of sp³-hybridized carbons (Fsp3) is 0.619. The van der Waals surface area contributed by atoms with Gasteiger partial charge in [-0.3, -0.25) is 0 Å². The molecule has 0 amide bonds. The molecule has 9 nitrogen and oxygen atoms in total. The van der Waals surface area contributed by atoms with E-state index in [0.717, 1.165) is 34.8 Å². The van der Waals surface area contributed by atoms with Crippen molar-refractivity contribution in [3.05, 3.63) is 59.7 Å². The van der Waals surface area contributed by atoms with Crippen molar-refractivity contribution in [2.75, 3.05) is 27.4 Å². The van der Waals surface area contributed by atoms with Crippen molar-refractivity contribution in [3.8, 4) is 23.3 Å². The van der Waals surface area contributed by atoms with Gasteiger partial charge in [-0.25, -0.2) is 0 Å². The van der Waals surface area contributed by atoms with E-state index in [0.29, 0.717) is 44.6 Å². The predicted octanol–water partition coefficient (Wildman–Crippen LogP) is 9.87. The van der Waals surface area contributed by atoms with Gasteiger partial charge in [-0.05, 0) is 90.4 Å². The Morgan fingerprint density at radius 1 is 0.830 bits per heavy atom. The fourth-order valence-corrected chi connectivity index (χ4v) is 7.09. The van der Waals surface area contributed by atoms with Crippen LogP contribution in [0.4, 0.5) is 0 Å². The molecule has 1 unspecified atom stereocenters. The summed E-state index contributed by atoms with van der Waals surface area (Å²) in [6, 6.07) is 15.8. The van der Waals surface area contributed by atoms with Crippen LogP contribution in [0.5, 0.6) is 11.5 Å². The lowest BCUT2D eigenvalue weighted by Crippen LogP contribution is -2.41. The molecule has 1 heterocycles. The average Bonchev–Trinajstić information content (AvgIpc) is 3.47. The van der Waals surface area contributed by atoms with Gasteiger partial charge in [0.15, 0.2) is 16.6 Å². The van der Waals surface area contributed by atoms with Crippen LogP contribution in [0.2, 0.25) is 36.3 Å². The zero-order chi connectivity index (χ0) is 40.1. The predicted molar refractivity (Wildman–Crippen MR) is 222 cm³/mol. The molecule has 1 aliphatic rings. The molecule has 2 N–H and O–H groups in total. The summed E-state index contributed by atoms with van der Waals surface area (Å²) in [5, 5.41) is 28.1. The first-order valence-electron chi connectivity index (χ1n) is 18.8. The van der Waals surface area contributed by atoms with E-state index in [1.54, 1.807) is 14.2 Å². The molecule has 3 atom stereocenters. The number of nitrogens with zero attached hydrogens (tertiary/aromatic N) is 2. The van der Waals surface area contributed by atoms with Crippen LogP contribution >= 0.6 is 0 Å². The van der Waals surface area contributed by atoms with E-state index in [-0.39, 0.29) is 21.9 Å². The van der Waals surface area contributed by atoms with Crippen LogP contribution in [0.3, 0.4) is 0 Å². The molecule has 2 aromatic rings. The average molecular weight is 769 g/mol. The number of benzene rings is 2. The fourth-order valence-electron chi connectivity index (χ4n) is 5.00. The van der Waals surface area contributed by atoms with Crippen molar-refractivity contribution in [1.82, 2.24) is 0 Å². The molecule has 53 heavy (non-hydrogen) atoms. The molecular formula is C42H68N2O7Si2. The number of aliphatic hydroxyl groups is 1. The molecule has 0 spiro atoms. The first-order chi connectivity index (χ1) is 24.6. The van der Waals surface area contributed by atoms with E-state index in [9.17, 15) is 10.3 Å². The third-order valence-corrected chi connectivity index (χ3v) is 20.0. The van der Waals surface area contributed by atoms with Gasteiger partial charge in [-0.1, -0.05) is 95.9 Å². The highest BCUT2D eigenvalue weighted by Gasteiger charge is 2.43. The number of rotatable bonds is 15. The van der Waals surface area contributed by atoms with E-state index in [1.807, 2.05) is 62.4 Å². The zero-order valence-electron chi connectivity index (χ0n) is 35.1. The minimum atomic E-state index is -1.76. The second-order valence-corrected chi connectivity index (χ2v) is 26.8. The Morgan fingerprint density at radius 2 is 1.30 bits per heavy atom. The molecule has 0 radical (unpaired) electrons. The van der Waals surface area contributed by atoms with Crippen LogP contribution < -0.4 is 9.47 Å². The van der Waals surface area contributed by atoms with Gasteiger partial charge in [0.2, 0.25) is 5.79 Å². The molecular weight excluding hydrogens is 701 g/mol. The summed E-state index contributed by atoms with van der Waals surface area (Å²) in [6.45, 7) is 27.6. The lowest BCUT2D eigenvalue weighted by molar-refractivity contribution is -0.216. The largest absolute Gasteiger partial charge is 0.497 e. The number of methoxy groups -OCH3 is 2. The van der Waals surface area contributed by atoms with Crippen molar-refractivity contribution < 1.29 is 33.5 Å². The Labute approximate surface area is 322 Å². The molecule has 1 aliphatic heterocycles. The van der Waals surface area contributed by atoms with Crippen LogP contribution in [-0.4, -0.2) is 71.6 Å². The molecule has 0 aromatic heterocycles. The summed E-state index contributed by atoms with van der Waals surface area (Å²) < 4.78 is 22.7. The third-order valence-electron chi connectivity index (χ3n) is 10.9. The number of ether oxygens (including phenoxy) is 2. The van der Waals surface area contributed by atoms with E-state index in [2.05, 4.69) is 89.9 Å². The van der Waals surface area contributed by atoms with E-state index < -0.39 is 22.4 Å². The first-order valence-corrected chi connectivity index (χ1v) is 24.6. The summed E-state index contributed by atoms with van der Waals surface area (Å²) in [5.41, 5.74) is 3.67. The summed E-state index contributed by atoms with van der Waals surface area (Å²) in [5.74, 6) is 6.46. The van der Waals surface area contributed by atoms with Crippen LogP contribution in [0.1, 0.15) is 85.8 Å². The van der Waals surface area contributed by atoms with Gasteiger partial charge < -0.3 is 33.5 Å². The van der Waals surface area contributed by atoms with Gasteiger partial charge in [0, 0.05) is 37.9 Å². The lowest BCUT2D eigenvalue weighted by atomic mass is 9.89. The van der Waals surface area contributed by atoms with Gasteiger partial charge in [0.05, 0.1) is 26.4 Å². The maximum absolute atomic E-state index is 10.9. The standard InChI is InChI=1S/C21H35NO4Si.C21H33NO3Si/c1-16(14-17-8-10-19(24-5)11-9-17)21(23)15-18(22-26-21)12-13-25-27(6,7)20(2,3)4;1-17(16-18-11-13-19(24-5)14-12-18)20(22-23)10-8-9-15-25-26(6,7)21(2,3)4/h8-11,16,23H,12-15H2,1-7H3;11-14,17,23H,9,15-16H2,1-7H3/t16-,21?;17-/m00/s1. The highest BCUT2D eigenvalue weighted by molar-refractivity contribution is 6.74. The van der Waals surface area contributed by atoms with Crippen LogP contribution in [-0.2, 0) is 26.5 Å². The highest BCUT2D eigenvalue weighted by atomic mass is 28.4. The van der Waals surface area contributed by atoms with E-state index in [1.165, 1.54) is 0 Å². The summed E-state index contributed by atoms with van der Waals surface area (Å²) in [7, 11) is -0.186. The van der Waals surface area contributed by atoms with Crippen LogP contribution in [0.25, 0.3) is 0 Å². The second-order valence-electron chi connectivity index (χ2n) is 17.2. The van der Waals surface area contributed by atoms with Crippen molar-refractivity contribution in [1.29, 1.82) is 0 Å². The second kappa shape index (κ2) is 20.0. The third kappa shape index (κ3) is 14.6. The molecule has 0 aliphatic carbocycles. The molecule has 2 aromatic carbocycles. The maximum atomic E-state index is 10.9. The molecule has 0 bridgehead atoms. The minimum absolute atomic E-state index is 0.0437. The zero-order valence-corrected chi connectivity index (χ0v) is 37.1. The Morgan fingerprint density at radius 3 is 1.75 bits per heavy atom. The Kier molecular flexibility index (Phi) is 17.3. The van der Waals surface area contributed by atoms with Gasteiger partial charge >= 0.3 is 0 Å². The van der Waals surface area contributed by atoms with E-state index in [4.69, 9.17) is 23.2 Å². The van der Waals surface area contributed by atoms with Crippen LogP contribution in [0.15, 0.2) is 58.8 Å². The molecule has 0 fully saturated rings. The summed E-state index contributed by atoms with van der Waals surface area (Å²) >= 11 is 0. The Balaban J connectivity index is 0.000000367. The Bertz CT molecular complexity index is 1530. The quantitative estimate of drug-likeness (QED) is 0.0464. The first kappa shape index (κ1) is 46.0. The SMILES string of the molecule is COc1ccc(C[C@H](C)C(C#CCCO[Si](C)(C)C(C)(C)C)=NO)cc1.COc1ccc(C[C@H](C)C2(O)CC(CCO[Si](C)(C)C(C)(C)C)=NO2)cc1. The van der Waals surface area contributed by atoms with Gasteiger partial charge in [0.1, 0.15) is 17.2 Å². The normalized spacial score (nSPS) is 17.7. The summed E-state index contributed by atoms with van der Waals surface area (Å²) in [6.07, 6.45) is 3.25. The molecule has 3 rings (SSSR count). The van der Waals surface area contributed by atoms with Gasteiger partial charge in [-0.15, -0.1) is 0 Å². The topological polar surface area (TPSA) is 111 Å². The van der Waals surface area contributed by atoms with Crippen LogP contribution in [0, 0.1) is 23.7 Å². The lowest BCUT2D eigenvalue weighted by Gasteiger charge is -2.36. The minimum Gasteiger partial charge on any atom is -0.497 e. The van der Waals surface area contributed by atoms with Gasteiger partial charge in [0.25, 0.3) is 0 Å². The molecule has 0 saturated carbocycles. The van der Waals surface area contributed by atoms with Gasteiger partial charge in [-0.2, -0.15) is 0 Å². The van der Waals surface area contributed by atoms with Crippen molar-refractivity contribution in [2.45, 2.75) is 130 Å². The van der Waals surface area contributed by atoms with E-state index >= 15 is 0 Å². The van der Waals surface area contributed by atoms with Crippen molar-refractivity contribution in [3.63, 3.8) is 0 Å². The summed E-state index contributed by atoms with van der Waals surface area (Å²) in [4.78, 5) is 5.46. The number of hydrogen-bond acceptors (Lipinski definition) is 9. The van der Waals surface area contributed by atoms with Crippen molar-refractivity contribution in [2.24, 2.45) is 22.1 Å². The smallest absolute Gasteiger partial charge is 0.242 e. The molecule has 0 saturated heterocycles. The highest BCUT2D eigenvalue weighted by Crippen LogP contribution is 2.38. The molecule has 11 heteroatoms. The maximum Gasteiger partial charge on any atom is 0.242 e. The monoisotopic (exact) mass is 768 g/mol. The Hall–Kier alpha value is -3.15.